The van der Waals surface area contributed by atoms with E-state index in [1.54, 1.807) is 0 Å². The molecule has 0 aliphatic heterocycles. The zero-order chi connectivity index (χ0) is 7.23. The van der Waals surface area contributed by atoms with E-state index in [-0.39, 0.29) is 0 Å². The summed E-state index contributed by atoms with van der Waals surface area (Å²) in [6, 6.07) is 4.25. The van der Waals surface area contributed by atoms with Gasteiger partial charge in [0.25, 0.3) is 0 Å². The van der Waals surface area contributed by atoms with E-state index in [1.165, 1.54) is 11.3 Å². The van der Waals surface area contributed by atoms with Gasteiger partial charge < -0.3 is 5.32 Å². The van der Waals surface area contributed by atoms with Gasteiger partial charge in [0.1, 0.15) is 0 Å². The van der Waals surface area contributed by atoms with Crippen molar-refractivity contribution < 1.29 is 0 Å². The standard InChI is InChI=1S/C8H13NS/c1-2-5-9-7-8-4-3-6-10-8/h3-4,6,9H,2,5,7H2,1H3. The van der Waals surface area contributed by atoms with E-state index in [0.29, 0.717) is 0 Å². The molecule has 0 bridgehead atoms. The Balaban J connectivity index is 2.15. The summed E-state index contributed by atoms with van der Waals surface area (Å²) in [5, 5.41) is 5.46. The molecular formula is C8H13NS. The molecule has 1 N–H and O–H groups in total. The Bertz CT molecular complexity index is 158. The van der Waals surface area contributed by atoms with Gasteiger partial charge in [-0.25, -0.2) is 0 Å². The van der Waals surface area contributed by atoms with Crippen LogP contribution in [0.4, 0.5) is 0 Å². The molecule has 1 aromatic heterocycles. The van der Waals surface area contributed by atoms with Crippen LogP contribution in [0.3, 0.4) is 0 Å². The molecule has 0 unspecified atom stereocenters. The second-order valence-corrected chi connectivity index (χ2v) is 3.29. The number of hydrogen-bond donors (Lipinski definition) is 1. The van der Waals surface area contributed by atoms with Crippen molar-refractivity contribution in [2.75, 3.05) is 6.54 Å². The summed E-state index contributed by atoms with van der Waals surface area (Å²) in [7, 11) is 0. The van der Waals surface area contributed by atoms with Crippen LogP contribution in [0, 0.1) is 0 Å². The fourth-order valence-corrected chi connectivity index (χ4v) is 1.48. The zero-order valence-corrected chi connectivity index (χ0v) is 7.08. The van der Waals surface area contributed by atoms with Gasteiger partial charge in [0.05, 0.1) is 0 Å². The lowest BCUT2D eigenvalue weighted by atomic mass is 10.4. The van der Waals surface area contributed by atoms with Crippen LogP contribution in [0.25, 0.3) is 0 Å². The summed E-state index contributed by atoms with van der Waals surface area (Å²) >= 11 is 1.81. The van der Waals surface area contributed by atoms with E-state index in [4.69, 9.17) is 0 Å². The molecule has 0 saturated heterocycles. The number of rotatable bonds is 4. The van der Waals surface area contributed by atoms with Crippen molar-refractivity contribution in [2.24, 2.45) is 0 Å². The van der Waals surface area contributed by atoms with Crippen LogP contribution in [0.15, 0.2) is 17.5 Å². The summed E-state index contributed by atoms with van der Waals surface area (Å²) in [6.07, 6.45) is 1.21. The molecule has 0 radical (unpaired) electrons. The molecule has 2 heteroatoms. The molecule has 0 aliphatic rings. The summed E-state index contributed by atoms with van der Waals surface area (Å²) < 4.78 is 0. The molecule has 0 aromatic carbocycles. The third kappa shape index (κ3) is 2.50. The molecule has 0 aliphatic carbocycles. The topological polar surface area (TPSA) is 12.0 Å². The van der Waals surface area contributed by atoms with Gasteiger partial charge in [0, 0.05) is 11.4 Å². The van der Waals surface area contributed by atoms with Gasteiger partial charge >= 0.3 is 0 Å². The summed E-state index contributed by atoms with van der Waals surface area (Å²) in [4.78, 5) is 1.42. The molecule has 1 heterocycles. The second kappa shape index (κ2) is 4.47. The van der Waals surface area contributed by atoms with Crippen LogP contribution < -0.4 is 5.32 Å². The van der Waals surface area contributed by atoms with Crippen LogP contribution in [-0.2, 0) is 6.54 Å². The summed E-state index contributed by atoms with van der Waals surface area (Å²) in [5.41, 5.74) is 0. The highest BCUT2D eigenvalue weighted by Crippen LogP contribution is 2.06. The highest BCUT2D eigenvalue weighted by Gasteiger charge is 1.89. The van der Waals surface area contributed by atoms with Crippen LogP contribution in [0.1, 0.15) is 18.2 Å². The van der Waals surface area contributed by atoms with E-state index >= 15 is 0 Å². The van der Waals surface area contributed by atoms with Gasteiger partial charge in [-0.2, -0.15) is 0 Å². The molecular weight excluding hydrogens is 142 g/mol. The highest BCUT2D eigenvalue weighted by atomic mass is 32.1. The predicted octanol–water partition coefficient (Wildman–Crippen LogP) is 2.25. The van der Waals surface area contributed by atoms with Crippen molar-refractivity contribution >= 4 is 11.3 Å². The van der Waals surface area contributed by atoms with Crippen molar-refractivity contribution in [3.63, 3.8) is 0 Å². The SMILES string of the molecule is CCCNCc1cccs1. The fourth-order valence-electron chi connectivity index (χ4n) is 0.802. The monoisotopic (exact) mass is 155 g/mol. The lowest BCUT2D eigenvalue weighted by Gasteiger charge is -1.97. The normalized spacial score (nSPS) is 10.1. The number of thiophene rings is 1. The van der Waals surface area contributed by atoms with E-state index in [1.807, 2.05) is 11.3 Å². The number of hydrogen-bond acceptors (Lipinski definition) is 2. The molecule has 0 saturated carbocycles. The Morgan fingerprint density at radius 3 is 3.10 bits per heavy atom. The van der Waals surface area contributed by atoms with Gasteiger partial charge in [0.2, 0.25) is 0 Å². The third-order valence-electron chi connectivity index (χ3n) is 1.31. The maximum atomic E-state index is 3.35. The minimum atomic E-state index is 1.03. The van der Waals surface area contributed by atoms with E-state index < -0.39 is 0 Å². The average molecular weight is 155 g/mol. The fraction of sp³-hybridized carbons (Fsp3) is 0.500. The van der Waals surface area contributed by atoms with Gasteiger partial charge in [-0.15, -0.1) is 11.3 Å². The Labute approximate surface area is 66.1 Å². The maximum absolute atomic E-state index is 3.35. The highest BCUT2D eigenvalue weighted by molar-refractivity contribution is 7.09. The van der Waals surface area contributed by atoms with Crippen LogP contribution in [0.5, 0.6) is 0 Å². The van der Waals surface area contributed by atoms with Gasteiger partial charge in [-0.05, 0) is 24.4 Å². The lowest BCUT2D eigenvalue weighted by molar-refractivity contribution is 0.681. The van der Waals surface area contributed by atoms with Crippen LogP contribution >= 0.6 is 11.3 Å². The lowest BCUT2D eigenvalue weighted by Crippen LogP contribution is -2.12. The minimum Gasteiger partial charge on any atom is -0.312 e. The molecule has 0 spiro atoms. The summed E-state index contributed by atoms with van der Waals surface area (Å²) in [5.74, 6) is 0. The Morgan fingerprint density at radius 1 is 1.60 bits per heavy atom. The Kier molecular flexibility index (Phi) is 3.47. The van der Waals surface area contributed by atoms with Crippen molar-refractivity contribution in [2.45, 2.75) is 19.9 Å². The van der Waals surface area contributed by atoms with E-state index in [0.717, 1.165) is 13.1 Å². The van der Waals surface area contributed by atoms with Crippen molar-refractivity contribution in [1.82, 2.24) is 5.32 Å². The van der Waals surface area contributed by atoms with Gasteiger partial charge in [-0.1, -0.05) is 13.0 Å². The van der Waals surface area contributed by atoms with E-state index in [2.05, 4.69) is 29.8 Å². The Morgan fingerprint density at radius 2 is 2.50 bits per heavy atom. The molecule has 0 amide bonds. The smallest absolute Gasteiger partial charge is 0.0299 e. The Hall–Kier alpha value is -0.340. The van der Waals surface area contributed by atoms with Crippen LogP contribution in [0.2, 0.25) is 0 Å². The quantitative estimate of drug-likeness (QED) is 0.658. The summed E-state index contributed by atoms with van der Waals surface area (Å²) in [6.45, 7) is 4.34. The first-order chi connectivity index (χ1) is 4.93. The van der Waals surface area contributed by atoms with E-state index in [9.17, 15) is 0 Å². The third-order valence-corrected chi connectivity index (χ3v) is 2.18. The predicted molar refractivity (Wildman–Crippen MR) is 46.3 cm³/mol. The van der Waals surface area contributed by atoms with Crippen molar-refractivity contribution in [1.29, 1.82) is 0 Å². The second-order valence-electron chi connectivity index (χ2n) is 2.26. The zero-order valence-electron chi connectivity index (χ0n) is 6.26. The first-order valence-corrected chi connectivity index (χ1v) is 4.54. The average Bonchev–Trinajstić information content (AvgIpc) is 2.41. The van der Waals surface area contributed by atoms with Crippen molar-refractivity contribution in [3.8, 4) is 0 Å². The van der Waals surface area contributed by atoms with Gasteiger partial charge in [-0.3, -0.25) is 0 Å². The first kappa shape index (κ1) is 7.76. The molecule has 1 aromatic rings. The minimum absolute atomic E-state index is 1.03. The first-order valence-electron chi connectivity index (χ1n) is 3.66. The van der Waals surface area contributed by atoms with Crippen LogP contribution in [-0.4, -0.2) is 6.54 Å². The van der Waals surface area contributed by atoms with Gasteiger partial charge in [0.15, 0.2) is 0 Å². The molecule has 0 atom stereocenters. The molecule has 1 nitrogen and oxygen atoms in total. The molecule has 0 fully saturated rings. The molecule has 56 valence electrons. The maximum Gasteiger partial charge on any atom is 0.0299 e. The van der Waals surface area contributed by atoms with Crippen molar-refractivity contribution in [3.05, 3.63) is 22.4 Å². The number of nitrogens with one attached hydrogen (secondary N) is 1. The molecule has 1 rings (SSSR count). The molecule has 10 heavy (non-hydrogen) atoms. The largest absolute Gasteiger partial charge is 0.312 e.